The van der Waals surface area contributed by atoms with Gasteiger partial charge in [0.25, 0.3) is 0 Å². The first-order valence-electron chi connectivity index (χ1n) is 4.06. The molecule has 2 unspecified atom stereocenters. The Morgan fingerprint density at radius 3 is 2.20 bits per heavy atom. The van der Waals surface area contributed by atoms with Gasteiger partial charge in [-0.3, -0.25) is 0 Å². The molecule has 0 saturated heterocycles. The van der Waals surface area contributed by atoms with Crippen molar-refractivity contribution < 1.29 is 10.2 Å². The third kappa shape index (κ3) is 0.663. The number of fused-ring (bicyclic) bond motifs is 2. The number of hydrogen-bond donors (Lipinski definition) is 2. The van der Waals surface area contributed by atoms with E-state index in [1.807, 2.05) is 0 Å². The summed E-state index contributed by atoms with van der Waals surface area (Å²) in [4.78, 5) is 0. The standard InChI is InChI=1S/C8H14O2/c1-4-2-5-3-6(4)8(10)7(5)9/h4-10H,2-3H2,1H3/t4-,5-,6-,7?,8?/m0/s1. The van der Waals surface area contributed by atoms with Crippen LogP contribution in [-0.2, 0) is 0 Å². The molecule has 0 radical (unpaired) electrons. The largest absolute Gasteiger partial charge is 0.390 e. The predicted molar refractivity (Wildman–Crippen MR) is 37.4 cm³/mol. The van der Waals surface area contributed by atoms with Crippen molar-refractivity contribution in [3.63, 3.8) is 0 Å². The summed E-state index contributed by atoms with van der Waals surface area (Å²) in [6, 6.07) is 0. The lowest BCUT2D eigenvalue weighted by Gasteiger charge is -2.26. The Labute approximate surface area is 60.9 Å². The molecule has 2 heteroatoms. The lowest BCUT2D eigenvalue weighted by molar-refractivity contribution is -0.0309. The first-order valence-corrected chi connectivity index (χ1v) is 4.06. The van der Waals surface area contributed by atoms with Crippen molar-refractivity contribution in [2.24, 2.45) is 17.8 Å². The molecule has 0 aromatic carbocycles. The van der Waals surface area contributed by atoms with Gasteiger partial charge in [0.15, 0.2) is 0 Å². The van der Waals surface area contributed by atoms with Crippen molar-refractivity contribution in [1.29, 1.82) is 0 Å². The van der Waals surface area contributed by atoms with Gasteiger partial charge in [0.05, 0.1) is 12.2 Å². The second-order valence-electron chi connectivity index (χ2n) is 3.85. The number of rotatable bonds is 0. The predicted octanol–water partition coefficient (Wildman–Crippen LogP) is 0.384. The summed E-state index contributed by atoms with van der Waals surface area (Å²) in [5, 5.41) is 18.8. The third-order valence-corrected chi connectivity index (χ3v) is 3.25. The van der Waals surface area contributed by atoms with E-state index in [0.29, 0.717) is 17.8 Å². The van der Waals surface area contributed by atoms with Crippen molar-refractivity contribution in [2.75, 3.05) is 0 Å². The fraction of sp³-hybridized carbons (Fsp3) is 1.00. The second kappa shape index (κ2) is 1.95. The topological polar surface area (TPSA) is 40.5 Å². The van der Waals surface area contributed by atoms with E-state index in [0.717, 1.165) is 12.8 Å². The van der Waals surface area contributed by atoms with Crippen molar-refractivity contribution in [3.05, 3.63) is 0 Å². The van der Waals surface area contributed by atoms with Crippen LogP contribution in [0.1, 0.15) is 19.8 Å². The molecule has 0 heterocycles. The molecule has 58 valence electrons. The molecule has 2 aliphatic carbocycles. The smallest absolute Gasteiger partial charge is 0.0832 e. The minimum absolute atomic E-state index is 0.389. The van der Waals surface area contributed by atoms with Crippen LogP contribution in [0.25, 0.3) is 0 Å². The summed E-state index contributed by atoms with van der Waals surface area (Å²) in [5.74, 6) is 1.42. The summed E-state index contributed by atoms with van der Waals surface area (Å²) >= 11 is 0. The van der Waals surface area contributed by atoms with Gasteiger partial charge in [0, 0.05) is 0 Å². The zero-order valence-electron chi connectivity index (χ0n) is 6.20. The SMILES string of the molecule is C[C@H]1C[C@H]2C[C@@H]1C(O)C2O. The minimum Gasteiger partial charge on any atom is -0.390 e. The van der Waals surface area contributed by atoms with Crippen LogP contribution in [0.15, 0.2) is 0 Å². The van der Waals surface area contributed by atoms with E-state index in [9.17, 15) is 10.2 Å². The van der Waals surface area contributed by atoms with E-state index in [1.165, 1.54) is 0 Å². The first kappa shape index (κ1) is 6.62. The fourth-order valence-corrected chi connectivity index (χ4v) is 2.62. The van der Waals surface area contributed by atoms with Gasteiger partial charge in [0.2, 0.25) is 0 Å². The van der Waals surface area contributed by atoms with E-state index in [1.54, 1.807) is 0 Å². The maximum absolute atomic E-state index is 9.41. The van der Waals surface area contributed by atoms with Crippen LogP contribution in [0, 0.1) is 17.8 Å². The molecule has 0 aromatic rings. The zero-order chi connectivity index (χ0) is 7.30. The van der Waals surface area contributed by atoms with Crippen LogP contribution >= 0.6 is 0 Å². The van der Waals surface area contributed by atoms with Gasteiger partial charge in [-0.1, -0.05) is 6.92 Å². The molecule has 2 saturated carbocycles. The summed E-state index contributed by atoms with van der Waals surface area (Å²) in [7, 11) is 0. The van der Waals surface area contributed by atoms with Gasteiger partial charge in [-0.25, -0.2) is 0 Å². The molecule has 5 atom stereocenters. The molecule has 10 heavy (non-hydrogen) atoms. The average Bonchev–Trinajstić information content (AvgIpc) is 2.36. The molecular weight excluding hydrogens is 128 g/mol. The molecule has 0 amide bonds. The Bertz CT molecular complexity index is 144. The molecule has 0 aliphatic heterocycles. The molecule has 2 rings (SSSR count). The Hall–Kier alpha value is -0.0800. The summed E-state index contributed by atoms with van der Waals surface area (Å²) in [5.41, 5.74) is 0. The summed E-state index contributed by atoms with van der Waals surface area (Å²) < 4.78 is 0. The van der Waals surface area contributed by atoms with Crippen LogP contribution in [0.3, 0.4) is 0 Å². The van der Waals surface area contributed by atoms with Gasteiger partial charge in [-0.15, -0.1) is 0 Å². The maximum Gasteiger partial charge on any atom is 0.0832 e. The van der Waals surface area contributed by atoms with Crippen molar-refractivity contribution >= 4 is 0 Å². The average molecular weight is 142 g/mol. The van der Waals surface area contributed by atoms with Crippen LogP contribution in [0.4, 0.5) is 0 Å². The molecule has 2 nitrogen and oxygen atoms in total. The highest BCUT2D eigenvalue weighted by Gasteiger charge is 2.49. The Kier molecular flexibility index (Phi) is 1.29. The highest BCUT2D eigenvalue weighted by atomic mass is 16.3. The van der Waals surface area contributed by atoms with Gasteiger partial charge < -0.3 is 10.2 Å². The van der Waals surface area contributed by atoms with E-state index >= 15 is 0 Å². The van der Waals surface area contributed by atoms with E-state index in [4.69, 9.17) is 0 Å². The summed E-state index contributed by atoms with van der Waals surface area (Å²) in [6.07, 6.45) is 1.32. The lowest BCUT2D eigenvalue weighted by atomic mass is 9.86. The minimum atomic E-state index is -0.422. The molecular formula is C8H14O2. The number of aliphatic hydroxyl groups excluding tert-OH is 2. The highest BCUT2D eigenvalue weighted by molar-refractivity contribution is 4.99. The molecule has 0 spiro atoms. The molecule has 2 bridgehead atoms. The van der Waals surface area contributed by atoms with Gasteiger partial charge >= 0.3 is 0 Å². The lowest BCUT2D eigenvalue weighted by Crippen LogP contribution is -2.35. The highest BCUT2D eigenvalue weighted by Crippen LogP contribution is 2.48. The molecule has 2 N–H and O–H groups in total. The fourth-order valence-electron chi connectivity index (χ4n) is 2.62. The van der Waals surface area contributed by atoms with Crippen molar-refractivity contribution in [3.8, 4) is 0 Å². The van der Waals surface area contributed by atoms with Crippen LogP contribution in [-0.4, -0.2) is 22.4 Å². The van der Waals surface area contributed by atoms with Crippen LogP contribution in [0.5, 0.6) is 0 Å². The van der Waals surface area contributed by atoms with Crippen LogP contribution < -0.4 is 0 Å². The number of aliphatic hydroxyl groups is 2. The van der Waals surface area contributed by atoms with Gasteiger partial charge in [-0.2, -0.15) is 0 Å². The Balaban J connectivity index is 2.16. The normalized spacial score (nSPS) is 59.7. The summed E-state index contributed by atoms with van der Waals surface area (Å²) in [6.45, 7) is 2.17. The quantitative estimate of drug-likeness (QED) is 0.513. The van der Waals surface area contributed by atoms with Crippen molar-refractivity contribution in [2.45, 2.75) is 32.0 Å². The van der Waals surface area contributed by atoms with E-state index in [-0.39, 0.29) is 0 Å². The van der Waals surface area contributed by atoms with Crippen LogP contribution in [0.2, 0.25) is 0 Å². The first-order chi connectivity index (χ1) is 4.70. The molecule has 2 aliphatic rings. The van der Waals surface area contributed by atoms with Gasteiger partial charge in [-0.05, 0) is 30.6 Å². The van der Waals surface area contributed by atoms with Gasteiger partial charge in [0.1, 0.15) is 0 Å². The maximum atomic E-state index is 9.41. The monoisotopic (exact) mass is 142 g/mol. The van der Waals surface area contributed by atoms with E-state index in [2.05, 4.69) is 6.92 Å². The van der Waals surface area contributed by atoms with E-state index < -0.39 is 12.2 Å². The zero-order valence-corrected chi connectivity index (χ0v) is 6.20. The Morgan fingerprint density at radius 2 is 1.80 bits per heavy atom. The number of hydrogen-bond acceptors (Lipinski definition) is 2. The third-order valence-electron chi connectivity index (χ3n) is 3.25. The Morgan fingerprint density at radius 1 is 1.10 bits per heavy atom. The molecule has 0 aromatic heterocycles. The van der Waals surface area contributed by atoms with Crippen molar-refractivity contribution in [1.82, 2.24) is 0 Å². The molecule has 2 fully saturated rings. The second-order valence-corrected chi connectivity index (χ2v) is 3.85.